The maximum Gasteiger partial charge on any atom is 0.282 e. The third kappa shape index (κ3) is 4.46. The predicted molar refractivity (Wildman–Crippen MR) is 124 cm³/mol. The number of rotatable bonds is 6. The summed E-state index contributed by atoms with van der Waals surface area (Å²) < 4.78 is 12.1. The minimum Gasteiger partial charge on any atom is -0.493 e. The Hall–Kier alpha value is -3.37. The lowest BCUT2D eigenvalue weighted by Gasteiger charge is -2.22. The largest absolute Gasteiger partial charge is 0.493 e. The molecule has 0 amide bonds. The third-order valence-corrected chi connectivity index (χ3v) is 5.89. The summed E-state index contributed by atoms with van der Waals surface area (Å²) in [4.78, 5) is 18.1. The van der Waals surface area contributed by atoms with Crippen molar-refractivity contribution in [3.63, 3.8) is 0 Å². The van der Waals surface area contributed by atoms with Crippen LogP contribution in [0.5, 0.6) is 11.5 Å². The van der Waals surface area contributed by atoms with Crippen molar-refractivity contribution in [3.8, 4) is 17.6 Å². The van der Waals surface area contributed by atoms with E-state index in [1.165, 1.54) is 18.2 Å². The number of hydrogen-bond donors (Lipinski definition) is 0. The molecule has 4 rings (SSSR count). The number of aromatic nitrogens is 2. The SMILES string of the molecule is COc1cc(C=Nn2c(C3CCCCC3)nc3ccccc3c2=O)cc(Cl)c1OCC#N. The summed E-state index contributed by atoms with van der Waals surface area (Å²) in [7, 11) is 1.49. The van der Waals surface area contributed by atoms with Gasteiger partial charge in [-0.3, -0.25) is 4.79 Å². The van der Waals surface area contributed by atoms with E-state index in [0.29, 0.717) is 33.8 Å². The molecule has 0 spiro atoms. The van der Waals surface area contributed by atoms with E-state index < -0.39 is 0 Å². The maximum atomic E-state index is 13.3. The lowest BCUT2D eigenvalue weighted by Crippen LogP contribution is -2.25. The number of nitrogens with zero attached hydrogens (tertiary/aromatic N) is 4. The van der Waals surface area contributed by atoms with Crippen LogP contribution in [0.3, 0.4) is 0 Å². The molecule has 1 aromatic heterocycles. The van der Waals surface area contributed by atoms with Gasteiger partial charge in [-0.25, -0.2) is 4.98 Å². The number of benzene rings is 2. The second-order valence-corrected chi connectivity index (χ2v) is 8.07. The first-order valence-electron chi connectivity index (χ1n) is 10.6. The summed E-state index contributed by atoms with van der Waals surface area (Å²) in [6, 6.07) is 12.6. The Morgan fingerprint density at radius 1 is 1.28 bits per heavy atom. The van der Waals surface area contributed by atoms with Crippen LogP contribution in [0.2, 0.25) is 5.02 Å². The zero-order chi connectivity index (χ0) is 22.5. The minimum atomic E-state index is -0.195. The lowest BCUT2D eigenvalue weighted by molar-refractivity contribution is 0.330. The highest BCUT2D eigenvalue weighted by molar-refractivity contribution is 6.32. The van der Waals surface area contributed by atoms with Crippen LogP contribution in [-0.4, -0.2) is 29.6 Å². The monoisotopic (exact) mass is 450 g/mol. The number of hydrogen-bond acceptors (Lipinski definition) is 6. The van der Waals surface area contributed by atoms with Crippen LogP contribution >= 0.6 is 11.6 Å². The van der Waals surface area contributed by atoms with E-state index >= 15 is 0 Å². The average molecular weight is 451 g/mol. The highest BCUT2D eigenvalue weighted by Gasteiger charge is 2.22. The molecule has 1 heterocycles. The molecule has 3 aromatic rings. The average Bonchev–Trinajstić information content (AvgIpc) is 2.83. The smallest absolute Gasteiger partial charge is 0.282 e. The van der Waals surface area contributed by atoms with Gasteiger partial charge in [0, 0.05) is 5.92 Å². The number of halogens is 1. The topological polar surface area (TPSA) is 89.5 Å². The van der Waals surface area contributed by atoms with E-state index in [9.17, 15) is 4.79 Å². The van der Waals surface area contributed by atoms with Crippen LogP contribution < -0.4 is 15.0 Å². The molecule has 0 unspecified atom stereocenters. The fourth-order valence-electron chi connectivity index (χ4n) is 4.06. The van der Waals surface area contributed by atoms with Gasteiger partial charge < -0.3 is 9.47 Å². The Morgan fingerprint density at radius 3 is 2.81 bits per heavy atom. The number of fused-ring (bicyclic) bond motifs is 1. The molecule has 0 bridgehead atoms. The Morgan fingerprint density at radius 2 is 2.06 bits per heavy atom. The van der Waals surface area contributed by atoms with Gasteiger partial charge in [-0.15, -0.1) is 0 Å². The standard InChI is InChI=1S/C24H23ClN4O3/c1-31-21-14-16(13-19(25)22(21)32-12-11-26)15-27-29-23(17-7-3-2-4-8-17)28-20-10-6-5-9-18(20)24(29)30/h5-6,9-10,13-15,17H,2-4,7-8,12H2,1H3. The Balaban J connectivity index is 1.78. The molecule has 0 saturated heterocycles. The molecule has 1 saturated carbocycles. The van der Waals surface area contributed by atoms with E-state index in [0.717, 1.165) is 25.7 Å². The molecule has 2 aromatic carbocycles. The van der Waals surface area contributed by atoms with E-state index in [1.54, 1.807) is 24.4 Å². The van der Waals surface area contributed by atoms with Crippen molar-refractivity contribution in [1.29, 1.82) is 5.26 Å². The van der Waals surface area contributed by atoms with Crippen LogP contribution in [0.25, 0.3) is 10.9 Å². The van der Waals surface area contributed by atoms with Crippen molar-refractivity contribution in [1.82, 2.24) is 9.66 Å². The van der Waals surface area contributed by atoms with Crippen molar-refractivity contribution >= 4 is 28.7 Å². The molecule has 32 heavy (non-hydrogen) atoms. The first-order chi connectivity index (χ1) is 15.6. The number of nitriles is 1. The Labute approximate surface area is 190 Å². The molecule has 7 nitrogen and oxygen atoms in total. The second kappa shape index (κ2) is 9.84. The molecular formula is C24H23ClN4O3. The number of ether oxygens (including phenoxy) is 2. The summed E-state index contributed by atoms with van der Waals surface area (Å²) in [6.07, 6.45) is 6.99. The molecule has 0 atom stereocenters. The van der Waals surface area contributed by atoms with Gasteiger partial charge in [0.1, 0.15) is 11.9 Å². The molecule has 8 heteroatoms. The molecule has 0 radical (unpaired) electrons. The van der Waals surface area contributed by atoms with E-state index in [4.69, 9.17) is 31.3 Å². The van der Waals surface area contributed by atoms with Gasteiger partial charge in [-0.2, -0.15) is 15.0 Å². The zero-order valence-electron chi connectivity index (χ0n) is 17.8. The predicted octanol–water partition coefficient (Wildman–Crippen LogP) is 4.89. The van der Waals surface area contributed by atoms with Crippen molar-refractivity contribution in [2.24, 2.45) is 5.10 Å². The maximum absolute atomic E-state index is 13.3. The molecule has 164 valence electrons. The van der Waals surface area contributed by atoms with Crippen molar-refractivity contribution in [2.75, 3.05) is 13.7 Å². The molecule has 0 aliphatic heterocycles. The van der Waals surface area contributed by atoms with Gasteiger partial charge >= 0.3 is 0 Å². The fraction of sp³-hybridized carbons (Fsp3) is 0.333. The summed E-state index contributed by atoms with van der Waals surface area (Å²) >= 11 is 6.34. The first kappa shape index (κ1) is 21.8. The molecular weight excluding hydrogens is 428 g/mol. The van der Waals surface area contributed by atoms with E-state index in [1.807, 2.05) is 24.3 Å². The van der Waals surface area contributed by atoms with Gasteiger partial charge in [-0.05, 0) is 42.7 Å². The summed E-state index contributed by atoms with van der Waals surface area (Å²) in [6.45, 7) is -0.146. The van der Waals surface area contributed by atoms with Crippen LogP contribution in [0, 0.1) is 11.3 Å². The number of para-hydroxylation sites is 1. The Kier molecular flexibility index (Phi) is 6.72. The fourth-order valence-corrected chi connectivity index (χ4v) is 4.33. The summed E-state index contributed by atoms with van der Waals surface area (Å²) in [5, 5.41) is 14.1. The van der Waals surface area contributed by atoms with Gasteiger partial charge in [0.2, 0.25) is 0 Å². The summed E-state index contributed by atoms with van der Waals surface area (Å²) in [5.41, 5.74) is 1.12. The van der Waals surface area contributed by atoms with Crippen LogP contribution in [0.4, 0.5) is 0 Å². The normalized spacial score (nSPS) is 14.5. The van der Waals surface area contributed by atoms with E-state index in [-0.39, 0.29) is 23.1 Å². The van der Waals surface area contributed by atoms with Crippen LogP contribution in [-0.2, 0) is 0 Å². The highest BCUT2D eigenvalue weighted by Crippen LogP contribution is 2.36. The summed E-state index contributed by atoms with van der Waals surface area (Å²) in [5.74, 6) is 1.56. The second-order valence-electron chi connectivity index (χ2n) is 7.66. The first-order valence-corrected chi connectivity index (χ1v) is 10.9. The molecule has 1 aliphatic rings. The Bertz CT molecular complexity index is 1260. The minimum absolute atomic E-state index is 0.146. The molecule has 1 fully saturated rings. The van der Waals surface area contributed by atoms with Crippen LogP contribution in [0.1, 0.15) is 49.4 Å². The van der Waals surface area contributed by atoms with Crippen molar-refractivity contribution < 1.29 is 9.47 Å². The van der Waals surface area contributed by atoms with Gasteiger partial charge in [0.25, 0.3) is 5.56 Å². The van der Waals surface area contributed by atoms with Crippen LogP contribution in [0.15, 0.2) is 46.3 Å². The van der Waals surface area contributed by atoms with Crippen molar-refractivity contribution in [3.05, 3.63) is 63.2 Å². The number of methoxy groups -OCH3 is 1. The molecule has 0 N–H and O–H groups in total. The third-order valence-electron chi connectivity index (χ3n) is 5.60. The van der Waals surface area contributed by atoms with Gasteiger partial charge in [0.05, 0.1) is 29.2 Å². The van der Waals surface area contributed by atoms with Crippen molar-refractivity contribution in [2.45, 2.75) is 38.0 Å². The quantitative estimate of drug-likeness (QED) is 0.499. The zero-order valence-corrected chi connectivity index (χ0v) is 18.5. The van der Waals surface area contributed by atoms with E-state index in [2.05, 4.69) is 5.10 Å². The highest BCUT2D eigenvalue weighted by atomic mass is 35.5. The lowest BCUT2D eigenvalue weighted by atomic mass is 9.88. The van der Waals surface area contributed by atoms with Gasteiger partial charge in [0.15, 0.2) is 18.1 Å². The van der Waals surface area contributed by atoms with Gasteiger partial charge in [-0.1, -0.05) is 43.0 Å². The molecule has 1 aliphatic carbocycles.